The van der Waals surface area contributed by atoms with E-state index in [-0.39, 0.29) is 1.43 Å². The first-order valence-corrected chi connectivity index (χ1v) is 2.90. The molecular formula is C8H7N+. The topological polar surface area (TPSA) is 15.8 Å². The standard InChI is InChI=1S/C8H6N/c1-2-4-8-6-9-5-7(8)3-1/h1-5,9H/p+1. The summed E-state index contributed by atoms with van der Waals surface area (Å²) >= 11 is 0. The lowest BCUT2D eigenvalue weighted by Gasteiger charge is -1.81. The van der Waals surface area contributed by atoms with Crippen LogP contribution in [0.1, 0.15) is 1.43 Å². The molecule has 0 aliphatic carbocycles. The van der Waals surface area contributed by atoms with Crippen molar-refractivity contribution in [2.75, 3.05) is 0 Å². The van der Waals surface area contributed by atoms with Crippen LogP contribution >= 0.6 is 0 Å². The van der Waals surface area contributed by atoms with Crippen molar-refractivity contribution in [3.8, 4) is 0 Å². The van der Waals surface area contributed by atoms with Gasteiger partial charge in [0.05, 0.1) is 6.20 Å². The van der Waals surface area contributed by atoms with Crippen LogP contribution in [0.25, 0.3) is 10.8 Å². The summed E-state index contributed by atoms with van der Waals surface area (Å²) < 4.78 is 0. The van der Waals surface area contributed by atoms with Gasteiger partial charge in [0.1, 0.15) is 0 Å². The highest BCUT2D eigenvalue weighted by molar-refractivity contribution is 5.80. The lowest BCUT2D eigenvalue weighted by Crippen LogP contribution is -1.58. The molecule has 2 aromatic rings. The average Bonchev–Trinajstić information content (AvgIpc) is 2.33. The second kappa shape index (κ2) is 1.62. The zero-order valence-corrected chi connectivity index (χ0v) is 4.89. The van der Waals surface area contributed by atoms with Crippen LogP contribution in [0, 0.1) is 6.20 Å². The zero-order chi connectivity index (χ0) is 6.10. The number of aromatic amines is 1. The Labute approximate surface area is 54.8 Å². The van der Waals surface area contributed by atoms with Gasteiger partial charge in [-0.1, -0.05) is 24.3 Å². The predicted molar refractivity (Wildman–Crippen MR) is 38.2 cm³/mol. The molecule has 0 atom stereocenters. The highest BCUT2D eigenvalue weighted by atomic mass is 14.6. The Morgan fingerprint density at radius 2 is 2.22 bits per heavy atom. The van der Waals surface area contributed by atoms with E-state index >= 15 is 0 Å². The van der Waals surface area contributed by atoms with Crippen LogP contribution in [0.2, 0.25) is 0 Å². The van der Waals surface area contributed by atoms with Crippen molar-refractivity contribution >= 4 is 10.8 Å². The Balaban J connectivity index is 0.000000500. The maximum absolute atomic E-state index is 2.99. The number of aromatic nitrogens is 1. The molecular weight excluding hydrogens is 110 g/mol. The number of nitrogens with one attached hydrogen (secondary N) is 1. The molecule has 0 spiro atoms. The van der Waals surface area contributed by atoms with Crippen LogP contribution in [-0.2, 0) is 0 Å². The number of hydrogen-bond acceptors (Lipinski definition) is 0. The minimum Gasteiger partial charge on any atom is -0.359 e. The molecule has 0 saturated heterocycles. The molecule has 0 fully saturated rings. The van der Waals surface area contributed by atoms with Crippen LogP contribution in [0.15, 0.2) is 30.5 Å². The van der Waals surface area contributed by atoms with Gasteiger partial charge in [-0.25, -0.2) is 0 Å². The maximum Gasteiger partial charge on any atom is 1.00 e. The smallest absolute Gasteiger partial charge is 0.359 e. The molecule has 0 aliphatic rings. The van der Waals surface area contributed by atoms with E-state index in [2.05, 4.69) is 17.2 Å². The van der Waals surface area contributed by atoms with Crippen molar-refractivity contribution < 1.29 is 1.43 Å². The summed E-state index contributed by atoms with van der Waals surface area (Å²) in [7, 11) is 0. The van der Waals surface area contributed by atoms with E-state index in [1.165, 1.54) is 5.39 Å². The van der Waals surface area contributed by atoms with Gasteiger partial charge in [-0.3, -0.25) is 0 Å². The average molecular weight is 117 g/mol. The SMILES string of the molecule is [H+].[c]1[nH]cc2ccccc12. The summed E-state index contributed by atoms with van der Waals surface area (Å²) in [5.74, 6) is 0. The fourth-order valence-electron chi connectivity index (χ4n) is 0.928. The van der Waals surface area contributed by atoms with Gasteiger partial charge >= 0.3 is 1.43 Å². The molecule has 1 radical (unpaired) electrons. The molecule has 2 rings (SSSR count). The summed E-state index contributed by atoms with van der Waals surface area (Å²) in [5, 5.41) is 2.37. The van der Waals surface area contributed by atoms with Gasteiger partial charge in [0.15, 0.2) is 0 Å². The van der Waals surface area contributed by atoms with Gasteiger partial charge in [0, 0.05) is 11.6 Å². The van der Waals surface area contributed by atoms with E-state index in [9.17, 15) is 0 Å². The molecule has 0 aliphatic heterocycles. The van der Waals surface area contributed by atoms with E-state index in [4.69, 9.17) is 0 Å². The predicted octanol–water partition coefficient (Wildman–Crippen LogP) is 2.08. The number of rotatable bonds is 0. The van der Waals surface area contributed by atoms with Gasteiger partial charge in [0.2, 0.25) is 0 Å². The normalized spacial score (nSPS) is 10.2. The van der Waals surface area contributed by atoms with E-state index in [1.54, 1.807) is 0 Å². The van der Waals surface area contributed by atoms with Crippen LogP contribution in [0.4, 0.5) is 0 Å². The Morgan fingerprint density at radius 3 is 3.11 bits per heavy atom. The first-order chi connectivity index (χ1) is 4.47. The molecule has 0 unspecified atom stereocenters. The van der Waals surface area contributed by atoms with E-state index in [1.807, 2.05) is 24.4 Å². The van der Waals surface area contributed by atoms with Crippen molar-refractivity contribution in [3.63, 3.8) is 0 Å². The fourth-order valence-corrected chi connectivity index (χ4v) is 0.928. The van der Waals surface area contributed by atoms with E-state index < -0.39 is 0 Å². The Bertz CT molecular complexity index is 283. The Morgan fingerprint density at radius 1 is 1.33 bits per heavy atom. The van der Waals surface area contributed by atoms with Crippen molar-refractivity contribution in [2.24, 2.45) is 0 Å². The van der Waals surface area contributed by atoms with Gasteiger partial charge in [-0.15, -0.1) is 0 Å². The first kappa shape index (κ1) is 4.62. The Hall–Kier alpha value is -1.24. The minimum absolute atomic E-state index is 0. The van der Waals surface area contributed by atoms with E-state index in [0.717, 1.165) is 5.39 Å². The van der Waals surface area contributed by atoms with Crippen LogP contribution in [0.3, 0.4) is 0 Å². The van der Waals surface area contributed by atoms with Crippen molar-refractivity contribution in [2.45, 2.75) is 0 Å². The van der Waals surface area contributed by atoms with Gasteiger partial charge in [-0.2, -0.15) is 0 Å². The molecule has 0 bridgehead atoms. The fraction of sp³-hybridized carbons (Fsp3) is 0. The Kier molecular flexibility index (Phi) is 0.833. The van der Waals surface area contributed by atoms with Crippen molar-refractivity contribution in [1.29, 1.82) is 0 Å². The summed E-state index contributed by atoms with van der Waals surface area (Å²) in [4.78, 5) is 2.91. The molecule has 1 aromatic heterocycles. The minimum atomic E-state index is 0. The number of H-pyrrole nitrogens is 1. The lowest BCUT2D eigenvalue weighted by molar-refractivity contribution is 1.41. The highest BCUT2D eigenvalue weighted by Crippen LogP contribution is 2.09. The molecule has 1 nitrogen and oxygen atoms in total. The molecule has 1 aromatic carbocycles. The monoisotopic (exact) mass is 117 g/mol. The number of benzene rings is 1. The number of hydrogen-bond donors (Lipinski definition) is 1. The quantitative estimate of drug-likeness (QED) is 0.543. The molecule has 1 heterocycles. The zero-order valence-electron chi connectivity index (χ0n) is 5.89. The van der Waals surface area contributed by atoms with E-state index in [0.29, 0.717) is 0 Å². The highest BCUT2D eigenvalue weighted by Gasteiger charge is 1.87. The molecule has 9 heavy (non-hydrogen) atoms. The third-order valence-corrected chi connectivity index (χ3v) is 1.40. The third-order valence-electron chi connectivity index (χ3n) is 1.40. The van der Waals surface area contributed by atoms with Gasteiger partial charge in [-0.05, 0) is 5.39 Å². The van der Waals surface area contributed by atoms with Crippen LogP contribution < -0.4 is 0 Å². The van der Waals surface area contributed by atoms with Gasteiger partial charge in [0.25, 0.3) is 0 Å². The van der Waals surface area contributed by atoms with Crippen molar-refractivity contribution in [1.82, 2.24) is 4.98 Å². The molecule has 1 N–H and O–H groups in total. The first-order valence-electron chi connectivity index (χ1n) is 2.90. The summed E-state index contributed by atoms with van der Waals surface area (Å²) in [6, 6.07) is 8.12. The van der Waals surface area contributed by atoms with Gasteiger partial charge < -0.3 is 4.98 Å². The summed E-state index contributed by atoms with van der Waals surface area (Å²) in [6.45, 7) is 0. The van der Waals surface area contributed by atoms with Crippen LogP contribution in [0.5, 0.6) is 0 Å². The molecule has 1 heteroatoms. The third kappa shape index (κ3) is 0.617. The lowest BCUT2D eigenvalue weighted by atomic mass is 10.2. The second-order valence-electron chi connectivity index (χ2n) is 2.00. The van der Waals surface area contributed by atoms with Crippen molar-refractivity contribution in [3.05, 3.63) is 36.7 Å². The molecule has 43 valence electrons. The summed E-state index contributed by atoms with van der Waals surface area (Å²) in [6.07, 6.45) is 4.93. The summed E-state index contributed by atoms with van der Waals surface area (Å²) in [5.41, 5.74) is 0. The molecule has 0 amide bonds. The van der Waals surface area contributed by atoms with Crippen LogP contribution in [-0.4, -0.2) is 4.98 Å². The number of fused-ring (bicyclic) bond motifs is 1. The maximum atomic E-state index is 2.99. The molecule has 0 saturated carbocycles. The second-order valence-corrected chi connectivity index (χ2v) is 2.00. The largest absolute Gasteiger partial charge is 1.00 e.